The van der Waals surface area contributed by atoms with Crippen LogP contribution in [0.25, 0.3) is 11.0 Å². The average molecular weight is 319 g/mol. The van der Waals surface area contributed by atoms with Gasteiger partial charge in [-0.05, 0) is 43.8 Å². The van der Waals surface area contributed by atoms with Crippen LogP contribution >= 0.6 is 11.8 Å². The fourth-order valence-corrected chi connectivity index (χ4v) is 4.11. The van der Waals surface area contributed by atoms with Gasteiger partial charge in [0.2, 0.25) is 0 Å². The standard InChI is InChI=1S/C17H21NO3S/c1-11-4-3-5-13-12(2)15(21-14(11)13)16(19)18-10-17(20)6-8-22-9-7-17/h3-5,20H,6-10H2,1-2H3,(H,18,19). The molecule has 1 aliphatic rings. The SMILES string of the molecule is Cc1c(C(=O)NCC2(O)CCSCC2)oc2c(C)cccc12. The lowest BCUT2D eigenvalue weighted by Crippen LogP contribution is -2.45. The van der Waals surface area contributed by atoms with E-state index in [2.05, 4.69) is 5.32 Å². The van der Waals surface area contributed by atoms with Crippen molar-refractivity contribution in [3.63, 3.8) is 0 Å². The minimum Gasteiger partial charge on any atom is -0.450 e. The third-order valence-electron chi connectivity index (χ3n) is 4.37. The van der Waals surface area contributed by atoms with Crippen LogP contribution in [0.2, 0.25) is 0 Å². The maximum atomic E-state index is 12.4. The molecule has 2 aromatic rings. The number of benzene rings is 1. The fourth-order valence-electron chi connectivity index (χ4n) is 2.85. The van der Waals surface area contributed by atoms with Crippen molar-refractivity contribution in [1.82, 2.24) is 5.32 Å². The monoisotopic (exact) mass is 319 g/mol. The van der Waals surface area contributed by atoms with E-state index in [0.29, 0.717) is 5.76 Å². The summed E-state index contributed by atoms with van der Waals surface area (Å²) < 4.78 is 5.77. The van der Waals surface area contributed by atoms with Gasteiger partial charge in [-0.2, -0.15) is 11.8 Å². The Kier molecular flexibility index (Phi) is 4.19. The smallest absolute Gasteiger partial charge is 0.287 e. The van der Waals surface area contributed by atoms with Crippen LogP contribution in [0.15, 0.2) is 22.6 Å². The number of fused-ring (bicyclic) bond motifs is 1. The quantitative estimate of drug-likeness (QED) is 0.913. The van der Waals surface area contributed by atoms with Gasteiger partial charge >= 0.3 is 0 Å². The van der Waals surface area contributed by atoms with E-state index in [9.17, 15) is 9.90 Å². The summed E-state index contributed by atoms with van der Waals surface area (Å²) in [6.45, 7) is 4.14. The second kappa shape index (κ2) is 5.97. The topological polar surface area (TPSA) is 62.5 Å². The van der Waals surface area contributed by atoms with Gasteiger partial charge in [-0.3, -0.25) is 4.79 Å². The van der Waals surface area contributed by atoms with Crippen molar-refractivity contribution in [3.05, 3.63) is 35.1 Å². The molecule has 0 saturated carbocycles. The number of nitrogens with one attached hydrogen (secondary N) is 1. The molecule has 0 spiro atoms. The van der Waals surface area contributed by atoms with Gasteiger partial charge in [-0.25, -0.2) is 0 Å². The molecule has 1 fully saturated rings. The number of aryl methyl sites for hydroxylation is 2. The number of aliphatic hydroxyl groups is 1. The van der Waals surface area contributed by atoms with Gasteiger partial charge in [-0.15, -0.1) is 0 Å². The third-order valence-corrected chi connectivity index (χ3v) is 5.35. The Morgan fingerprint density at radius 2 is 2.09 bits per heavy atom. The minimum absolute atomic E-state index is 0.250. The molecule has 0 unspecified atom stereocenters. The van der Waals surface area contributed by atoms with E-state index < -0.39 is 5.60 Å². The van der Waals surface area contributed by atoms with Crippen LogP contribution in [0, 0.1) is 13.8 Å². The maximum Gasteiger partial charge on any atom is 0.287 e. The number of carbonyl (C=O) groups excluding carboxylic acids is 1. The Balaban J connectivity index is 1.78. The molecule has 5 heteroatoms. The van der Waals surface area contributed by atoms with E-state index in [0.717, 1.165) is 46.4 Å². The Bertz CT molecular complexity index is 701. The summed E-state index contributed by atoms with van der Waals surface area (Å²) in [4.78, 5) is 12.4. The van der Waals surface area contributed by atoms with Gasteiger partial charge in [0.25, 0.3) is 5.91 Å². The average Bonchev–Trinajstić information content (AvgIpc) is 2.85. The molecule has 2 heterocycles. The number of furan rings is 1. The Labute approximate surface area is 134 Å². The lowest BCUT2D eigenvalue weighted by Gasteiger charge is -2.31. The first-order valence-electron chi connectivity index (χ1n) is 7.57. The summed E-state index contributed by atoms with van der Waals surface area (Å²) >= 11 is 1.84. The number of hydrogen-bond acceptors (Lipinski definition) is 4. The summed E-state index contributed by atoms with van der Waals surface area (Å²) in [5.41, 5.74) is 1.85. The van der Waals surface area contributed by atoms with E-state index in [1.807, 2.05) is 43.8 Å². The molecule has 0 aliphatic carbocycles. The Hall–Kier alpha value is -1.46. The molecule has 2 N–H and O–H groups in total. The van der Waals surface area contributed by atoms with E-state index in [4.69, 9.17) is 4.42 Å². The van der Waals surface area contributed by atoms with Crippen LogP contribution in [0.4, 0.5) is 0 Å². The van der Waals surface area contributed by atoms with Crippen LogP contribution in [-0.2, 0) is 0 Å². The first-order chi connectivity index (χ1) is 10.5. The first kappa shape index (κ1) is 15.4. The van der Waals surface area contributed by atoms with Crippen molar-refractivity contribution in [2.75, 3.05) is 18.1 Å². The number of rotatable bonds is 3. The number of hydrogen-bond donors (Lipinski definition) is 2. The highest BCUT2D eigenvalue weighted by Gasteiger charge is 2.30. The van der Waals surface area contributed by atoms with Crippen LogP contribution in [0.1, 0.15) is 34.5 Å². The highest BCUT2D eigenvalue weighted by Crippen LogP contribution is 2.29. The van der Waals surface area contributed by atoms with Crippen molar-refractivity contribution in [1.29, 1.82) is 0 Å². The molecule has 0 bridgehead atoms. The number of carbonyl (C=O) groups is 1. The Morgan fingerprint density at radius 1 is 1.36 bits per heavy atom. The van der Waals surface area contributed by atoms with E-state index in [-0.39, 0.29) is 12.5 Å². The van der Waals surface area contributed by atoms with E-state index >= 15 is 0 Å². The van der Waals surface area contributed by atoms with Crippen LogP contribution in [0.5, 0.6) is 0 Å². The van der Waals surface area contributed by atoms with Crippen molar-refractivity contribution in [2.45, 2.75) is 32.3 Å². The van der Waals surface area contributed by atoms with Crippen LogP contribution < -0.4 is 5.32 Å². The van der Waals surface area contributed by atoms with E-state index in [1.165, 1.54) is 0 Å². The van der Waals surface area contributed by atoms with Gasteiger partial charge in [0.05, 0.1) is 5.60 Å². The molecule has 3 rings (SSSR count). The second-order valence-electron chi connectivity index (χ2n) is 6.03. The molecule has 1 aromatic heterocycles. The number of thioether (sulfide) groups is 1. The molecule has 22 heavy (non-hydrogen) atoms. The molecule has 0 atom stereocenters. The maximum absolute atomic E-state index is 12.4. The largest absolute Gasteiger partial charge is 0.450 e. The predicted octanol–water partition coefficient (Wildman–Crippen LogP) is 3.04. The van der Waals surface area contributed by atoms with Crippen LogP contribution in [0.3, 0.4) is 0 Å². The van der Waals surface area contributed by atoms with Gasteiger partial charge in [0, 0.05) is 17.5 Å². The number of amides is 1. The summed E-state index contributed by atoms with van der Waals surface area (Å²) in [6.07, 6.45) is 1.44. The Morgan fingerprint density at radius 3 is 2.77 bits per heavy atom. The summed E-state index contributed by atoms with van der Waals surface area (Å²) in [5.74, 6) is 1.97. The normalized spacial score (nSPS) is 17.6. The van der Waals surface area contributed by atoms with Gasteiger partial charge in [0.1, 0.15) is 5.58 Å². The third kappa shape index (κ3) is 2.88. The van der Waals surface area contributed by atoms with Crippen molar-refractivity contribution >= 4 is 28.6 Å². The van der Waals surface area contributed by atoms with Gasteiger partial charge in [-0.1, -0.05) is 18.2 Å². The zero-order valence-electron chi connectivity index (χ0n) is 12.9. The molecular weight excluding hydrogens is 298 g/mol. The zero-order valence-corrected chi connectivity index (χ0v) is 13.8. The molecule has 4 nitrogen and oxygen atoms in total. The molecule has 0 radical (unpaired) electrons. The molecular formula is C17H21NO3S. The van der Waals surface area contributed by atoms with Gasteiger partial charge < -0.3 is 14.8 Å². The predicted molar refractivity (Wildman–Crippen MR) is 89.5 cm³/mol. The molecule has 1 amide bonds. The zero-order chi connectivity index (χ0) is 15.7. The highest BCUT2D eigenvalue weighted by molar-refractivity contribution is 7.99. The second-order valence-corrected chi connectivity index (χ2v) is 7.25. The van der Waals surface area contributed by atoms with E-state index in [1.54, 1.807) is 0 Å². The first-order valence-corrected chi connectivity index (χ1v) is 8.73. The molecule has 1 aromatic carbocycles. The van der Waals surface area contributed by atoms with Gasteiger partial charge in [0.15, 0.2) is 5.76 Å². The molecule has 1 aliphatic heterocycles. The summed E-state index contributed by atoms with van der Waals surface area (Å²) in [7, 11) is 0. The number of para-hydroxylation sites is 1. The van der Waals surface area contributed by atoms with Crippen LogP contribution in [-0.4, -0.2) is 34.7 Å². The van der Waals surface area contributed by atoms with Crippen molar-refractivity contribution in [2.24, 2.45) is 0 Å². The lowest BCUT2D eigenvalue weighted by molar-refractivity contribution is 0.0307. The van der Waals surface area contributed by atoms with Crippen molar-refractivity contribution < 1.29 is 14.3 Å². The molecule has 118 valence electrons. The lowest BCUT2D eigenvalue weighted by atomic mass is 9.97. The highest BCUT2D eigenvalue weighted by atomic mass is 32.2. The van der Waals surface area contributed by atoms with Crippen molar-refractivity contribution in [3.8, 4) is 0 Å². The summed E-state index contributed by atoms with van der Waals surface area (Å²) in [6, 6.07) is 5.89. The molecule has 1 saturated heterocycles. The summed E-state index contributed by atoms with van der Waals surface area (Å²) in [5, 5.41) is 14.3. The fraction of sp³-hybridized carbons (Fsp3) is 0.471. The minimum atomic E-state index is -0.781.